The van der Waals surface area contributed by atoms with Crippen LogP contribution in [0.4, 0.5) is 5.13 Å². The fraction of sp³-hybridized carbons (Fsp3) is 0.222. The van der Waals surface area contributed by atoms with Gasteiger partial charge in [-0.3, -0.25) is 0 Å². The van der Waals surface area contributed by atoms with Crippen molar-refractivity contribution < 1.29 is 16.8 Å². The number of anilines is 1. The molecule has 1 atom stereocenters. The van der Waals surface area contributed by atoms with Crippen molar-refractivity contribution in [3.05, 3.63) is 35.9 Å². The fourth-order valence-electron chi connectivity index (χ4n) is 3.51. The van der Waals surface area contributed by atoms with Crippen molar-refractivity contribution in [1.29, 1.82) is 0 Å². The summed E-state index contributed by atoms with van der Waals surface area (Å²) in [7, 11) is -8.65. The van der Waals surface area contributed by atoms with Crippen LogP contribution in [0.25, 0.3) is 21.3 Å². The van der Waals surface area contributed by atoms with Gasteiger partial charge in [0.2, 0.25) is 10.0 Å². The monoisotopic (exact) mass is 493 g/mol. The molecule has 2 heterocycles. The molecule has 0 aliphatic carbocycles. The predicted molar refractivity (Wildman–Crippen MR) is 123 cm³/mol. The van der Waals surface area contributed by atoms with Gasteiger partial charge in [0.15, 0.2) is 27.5 Å². The number of aliphatic imine (C=N–C) groups is 1. The zero-order valence-corrected chi connectivity index (χ0v) is 19.2. The Balaban J connectivity index is 2.15. The summed E-state index contributed by atoms with van der Waals surface area (Å²) in [6.45, 7) is 1.48. The summed E-state index contributed by atoms with van der Waals surface area (Å²) in [5, 5.41) is 13.6. The van der Waals surface area contributed by atoms with Crippen LogP contribution in [0.15, 0.2) is 55.3 Å². The number of aromatic nitrogens is 1. The van der Waals surface area contributed by atoms with Crippen molar-refractivity contribution >= 4 is 52.4 Å². The molecule has 0 fully saturated rings. The molecule has 0 spiro atoms. The molecule has 11 nitrogen and oxygen atoms in total. The van der Waals surface area contributed by atoms with Crippen LogP contribution in [0.5, 0.6) is 0 Å². The van der Waals surface area contributed by atoms with Crippen LogP contribution in [0, 0.1) is 0 Å². The lowest BCUT2D eigenvalue weighted by Gasteiger charge is -2.17. The Kier molecular flexibility index (Phi) is 5.58. The topological polar surface area (TPSA) is 196 Å². The lowest BCUT2D eigenvalue weighted by atomic mass is 9.98. The molecule has 168 valence electrons. The summed E-state index contributed by atoms with van der Waals surface area (Å²) in [5.41, 5.74) is 12.9. The first-order valence-corrected chi connectivity index (χ1v) is 13.3. The van der Waals surface area contributed by atoms with Gasteiger partial charge in [0.05, 0.1) is 26.4 Å². The molecule has 0 saturated carbocycles. The zero-order valence-electron chi connectivity index (χ0n) is 16.8. The average Bonchev–Trinajstić information content (AvgIpc) is 3.33. The molecule has 14 heteroatoms. The van der Waals surface area contributed by atoms with Crippen molar-refractivity contribution in [2.45, 2.75) is 22.8 Å². The number of rotatable bonds is 6. The zero-order chi connectivity index (χ0) is 23.3. The molecule has 1 aromatic heterocycles. The maximum Gasteiger partial charge on any atom is 0.240 e. The first-order chi connectivity index (χ1) is 15.0. The molecule has 1 aliphatic rings. The second-order valence-electron chi connectivity index (χ2n) is 7.19. The molecule has 4 rings (SSSR count). The lowest BCUT2D eigenvalue weighted by Crippen LogP contribution is -2.28. The average molecular weight is 494 g/mol. The van der Waals surface area contributed by atoms with Gasteiger partial charge in [-0.2, -0.15) is 5.11 Å². The number of nitrogen functional groups attached to an aromatic ring is 1. The number of primary sulfonamides is 1. The third kappa shape index (κ3) is 4.02. The highest BCUT2D eigenvalue weighted by Crippen LogP contribution is 2.39. The Morgan fingerprint density at radius 2 is 1.88 bits per heavy atom. The van der Waals surface area contributed by atoms with E-state index < -0.39 is 41.4 Å². The number of nitrogens with zero attached hydrogens (tertiary/aromatic N) is 4. The third-order valence-corrected chi connectivity index (χ3v) is 8.57. The molecule has 3 aromatic rings. The van der Waals surface area contributed by atoms with Gasteiger partial charge in [-0.1, -0.05) is 29.5 Å². The smallest absolute Gasteiger partial charge is 0.240 e. The normalized spacial score (nSPS) is 15.3. The lowest BCUT2D eigenvalue weighted by molar-refractivity contribution is 0.579. The highest BCUT2D eigenvalue weighted by Gasteiger charge is 2.33. The summed E-state index contributed by atoms with van der Waals surface area (Å²) >= 11 is 1.26. The van der Waals surface area contributed by atoms with Crippen LogP contribution >= 0.6 is 11.3 Å². The number of para-hydroxylation sites is 1. The molecular weight excluding hydrogens is 474 g/mol. The van der Waals surface area contributed by atoms with Gasteiger partial charge >= 0.3 is 0 Å². The Morgan fingerprint density at radius 3 is 2.50 bits per heavy atom. The summed E-state index contributed by atoms with van der Waals surface area (Å²) < 4.78 is 52.3. The van der Waals surface area contributed by atoms with Crippen molar-refractivity contribution in [2.75, 3.05) is 18.2 Å². The molecular formula is C18H19N7O4S3. The summed E-state index contributed by atoms with van der Waals surface area (Å²) in [6, 6.07) is 7.26. The molecule has 1 aliphatic heterocycles. The predicted octanol–water partition coefficient (Wildman–Crippen LogP) is 1.48. The second kappa shape index (κ2) is 7.97. The Labute approximate surface area is 188 Å². The van der Waals surface area contributed by atoms with E-state index in [1.54, 1.807) is 12.1 Å². The number of nitrogens with two attached hydrogens (primary N) is 3. The van der Waals surface area contributed by atoms with Crippen LogP contribution in [0.2, 0.25) is 0 Å². The van der Waals surface area contributed by atoms with Crippen molar-refractivity contribution in [3.8, 4) is 11.1 Å². The highest BCUT2D eigenvalue weighted by molar-refractivity contribution is 7.93. The number of thiazole rings is 1. The van der Waals surface area contributed by atoms with Gasteiger partial charge in [-0.25, -0.2) is 32.0 Å². The van der Waals surface area contributed by atoms with Gasteiger partial charge in [-0.15, -0.1) is 5.11 Å². The van der Waals surface area contributed by atoms with E-state index in [1.807, 2.05) is 6.07 Å². The first-order valence-electron chi connectivity index (χ1n) is 9.25. The number of fused-ring (bicyclic) bond motifs is 1. The minimum absolute atomic E-state index is 0.0243. The molecule has 0 amide bonds. The maximum absolute atomic E-state index is 13.0. The van der Waals surface area contributed by atoms with E-state index in [0.29, 0.717) is 21.8 Å². The van der Waals surface area contributed by atoms with E-state index in [2.05, 4.69) is 20.2 Å². The van der Waals surface area contributed by atoms with Crippen LogP contribution < -0.4 is 16.6 Å². The third-order valence-electron chi connectivity index (χ3n) is 4.62. The summed E-state index contributed by atoms with van der Waals surface area (Å²) in [5.74, 6) is -0.511. The largest absolute Gasteiger partial charge is 0.375 e. The maximum atomic E-state index is 13.0. The van der Waals surface area contributed by atoms with Gasteiger partial charge in [0, 0.05) is 11.6 Å². The number of azo groups is 1. The van der Waals surface area contributed by atoms with Gasteiger partial charge in [0.1, 0.15) is 4.90 Å². The van der Waals surface area contributed by atoms with E-state index in [9.17, 15) is 16.8 Å². The summed E-state index contributed by atoms with van der Waals surface area (Å²) in [4.78, 5) is 7.42. The van der Waals surface area contributed by atoms with Crippen molar-refractivity contribution in [1.82, 2.24) is 4.98 Å². The summed E-state index contributed by atoms with van der Waals surface area (Å²) in [6.07, 6.45) is 0. The molecule has 32 heavy (non-hydrogen) atoms. The van der Waals surface area contributed by atoms with Crippen molar-refractivity contribution in [2.24, 2.45) is 26.1 Å². The molecule has 2 aromatic carbocycles. The van der Waals surface area contributed by atoms with Crippen LogP contribution in [0.3, 0.4) is 0 Å². The highest BCUT2D eigenvalue weighted by atomic mass is 32.2. The quantitative estimate of drug-likeness (QED) is 0.462. The van der Waals surface area contributed by atoms with E-state index >= 15 is 0 Å². The molecule has 0 radical (unpaired) electrons. The Hall–Kier alpha value is -2.78. The molecule has 0 saturated heterocycles. The number of hydrogen-bond donors (Lipinski definition) is 3. The SMILES string of the molecule is CC(N)CS(=O)(=O)c1ccc(-c2cccc3sc(N)nc23)c(C2=NCN=N2)c1S(N)(=O)=O. The van der Waals surface area contributed by atoms with E-state index in [1.165, 1.54) is 30.4 Å². The minimum Gasteiger partial charge on any atom is -0.375 e. The number of hydrogen-bond acceptors (Lipinski definition) is 11. The standard InChI is InChI=1S/C18H19N7O4S3/c1-9(19)7-31(26,27)13-6-5-10(11-3-2-4-12-15(11)24-18(20)30-12)14(16(13)32(21,28)29)17-22-8-23-25-17/h2-6,9H,7-8,19H2,1H3,(H2,20,24)(H2,21,28,29). The Bertz CT molecular complexity index is 1510. The van der Waals surface area contributed by atoms with Crippen LogP contribution in [-0.4, -0.2) is 46.1 Å². The van der Waals surface area contributed by atoms with Crippen LogP contribution in [0.1, 0.15) is 12.5 Å². The minimum atomic E-state index is -4.54. The second-order valence-corrected chi connectivity index (χ2v) is 11.8. The van der Waals surface area contributed by atoms with E-state index in [0.717, 1.165) is 4.70 Å². The number of sulfone groups is 1. The van der Waals surface area contributed by atoms with Crippen LogP contribution in [-0.2, 0) is 19.9 Å². The first kappa shape index (κ1) is 22.4. The molecule has 0 bridgehead atoms. The fourth-order valence-corrected chi connectivity index (χ4v) is 7.37. The number of benzene rings is 2. The number of amidine groups is 1. The van der Waals surface area contributed by atoms with E-state index in [4.69, 9.17) is 16.6 Å². The van der Waals surface area contributed by atoms with Crippen molar-refractivity contribution in [3.63, 3.8) is 0 Å². The molecule has 6 N–H and O–H groups in total. The van der Waals surface area contributed by atoms with E-state index in [-0.39, 0.29) is 18.1 Å². The molecule has 1 unspecified atom stereocenters. The van der Waals surface area contributed by atoms with Gasteiger partial charge in [0.25, 0.3) is 0 Å². The number of sulfonamides is 1. The Morgan fingerprint density at radius 1 is 1.12 bits per heavy atom. The van der Waals surface area contributed by atoms with Gasteiger partial charge in [-0.05, 0) is 24.6 Å². The van der Waals surface area contributed by atoms with Gasteiger partial charge < -0.3 is 11.5 Å².